The van der Waals surface area contributed by atoms with Crippen molar-refractivity contribution in [3.05, 3.63) is 75.6 Å². The number of amides is 2. The second-order valence-corrected chi connectivity index (χ2v) is 7.28. The number of carbonyl (C=O) groups is 2. The van der Waals surface area contributed by atoms with Crippen LogP contribution in [0.3, 0.4) is 0 Å². The standard InChI is InChI=1S/C22H21N5O3/c1-12-7-9-14(10-8-12)23-22-26-19-18(21(30)27-22)15(11-17(28)25-19)20(29)24-16-6-4-3-5-13(16)2/h3-10,15H,11H2,1-2H3,(H,24,29)(H3,23,25,26,27,28,30)/t15-/m1/s1. The fourth-order valence-corrected chi connectivity index (χ4v) is 3.36. The maximum absolute atomic E-state index is 12.9. The van der Waals surface area contributed by atoms with Gasteiger partial charge >= 0.3 is 0 Å². The van der Waals surface area contributed by atoms with Crippen LogP contribution in [-0.4, -0.2) is 21.8 Å². The van der Waals surface area contributed by atoms with E-state index in [0.717, 1.165) is 16.8 Å². The summed E-state index contributed by atoms with van der Waals surface area (Å²) in [5.41, 5.74) is 3.03. The van der Waals surface area contributed by atoms with E-state index in [4.69, 9.17) is 0 Å². The average molecular weight is 403 g/mol. The van der Waals surface area contributed by atoms with E-state index >= 15 is 0 Å². The van der Waals surface area contributed by atoms with Gasteiger partial charge in [-0.2, -0.15) is 4.98 Å². The number of carbonyl (C=O) groups excluding carboxylic acids is 2. The smallest absolute Gasteiger partial charge is 0.258 e. The van der Waals surface area contributed by atoms with E-state index in [0.29, 0.717) is 5.69 Å². The van der Waals surface area contributed by atoms with E-state index in [2.05, 4.69) is 25.9 Å². The lowest BCUT2D eigenvalue weighted by Crippen LogP contribution is -2.36. The highest BCUT2D eigenvalue weighted by atomic mass is 16.2. The molecule has 8 nitrogen and oxygen atoms in total. The molecule has 4 rings (SSSR count). The number of benzene rings is 2. The van der Waals surface area contributed by atoms with Gasteiger partial charge in [0.15, 0.2) is 0 Å². The first-order chi connectivity index (χ1) is 14.4. The highest BCUT2D eigenvalue weighted by Crippen LogP contribution is 2.30. The van der Waals surface area contributed by atoms with Crippen LogP contribution in [-0.2, 0) is 9.59 Å². The molecule has 0 aliphatic carbocycles. The Morgan fingerprint density at radius 1 is 1.07 bits per heavy atom. The minimum atomic E-state index is -0.932. The Balaban J connectivity index is 1.64. The van der Waals surface area contributed by atoms with Gasteiger partial charge in [-0.3, -0.25) is 19.4 Å². The Kier molecular flexibility index (Phi) is 5.05. The number of aryl methyl sites for hydroxylation is 2. The van der Waals surface area contributed by atoms with Crippen LogP contribution in [0.2, 0.25) is 0 Å². The third kappa shape index (κ3) is 3.93. The number of fused-ring (bicyclic) bond motifs is 1. The summed E-state index contributed by atoms with van der Waals surface area (Å²) in [5.74, 6) is -1.45. The molecule has 2 aromatic carbocycles. The maximum Gasteiger partial charge on any atom is 0.258 e. The van der Waals surface area contributed by atoms with Gasteiger partial charge in [-0.1, -0.05) is 35.9 Å². The van der Waals surface area contributed by atoms with Crippen molar-refractivity contribution in [2.45, 2.75) is 26.2 Å². The van der Waals surface area contributed by atoms with Crippen molar-refractivity contribution in [3.8, 4) is 0 Å². The van der Waals surface area contributed by atoms with Crippen LogP contribution in [0.5, 0.6) is 0 Å². The van der Waals surface area contributed by atoms with Crippen molar-refractivity contribution >= 4 is 35.0 Å². The molecule has 3 aromatic rings. The molecule has 2 amide bonds. The van der Waals surface area contributed by atoms with Crippen molar-refractivity contribution in [2.75, 3.05) is 16.0 Å². The molecule has 0 saturated carbocycles. The van der Waals surface area contributed by atoms with Crippen LogP contribution in [0, 0.1) is 13.8 Å². The monoisotopic (exact) mass is 403 g/mol. The number of hydrogen-bond donors (Lipinski definition) is 4. The van der Waals surface area contributed by atoms with Gasteiger partial charge in [0.2, 0.25) is 17.8 Å². The number of anilines is 4. The highest BCUT2D eigenvalue weighted by Gasteiger charge is 2.34. The summed E-state index contributed by atoms with van der Waals surface area (Å²) in [6.45, 7) is 3.84. The molecule has 0 fully saturated rings. The Morgan fingerprint density at radius 2 is 1.80 bits per heavy atom. The second kappa shape index (κ2) is 7.82. The molecule has 0 bridgehead atoms. The zero-order valence-electron chi connectivity index (χ0n) is 16.6. The van der Waals surface area contributed by atoms with Gasteiger partial charge in [-0.05, 0) is 37.6 Å². The summed E-state index contributed by atoms with van der Waals surface area (Å²) in [4.78, 5) is 44.9. The third-order valence-electron chi connectivity index (χ3n) is 4.98. The first-order valence-electron chi connectivity index (χ1n) is 9.55. The van der Waals surface area contributed by atoms with Crippen LogP contribution in [0.4, 0.5) is 23.1 Å². The second-order valence-electron chi connectivity index (χ2n) is 7.28. The number of aromatic nitrogens is 2. The van der Waals surface area contributed by atoms with Crippen molar-refractivity contribution in [3.63, 3.8) is 0 Å². The lowest BCUT2D eigenvalue weighted by Gasteiger charge is -2.24. The van der Waals surface area contributed by atoms with Gasteiger partial charge in [0.05, 0.1) is 11.5 Å². The van der Waals surface area contributed by atoms with Gasteiger partial charge in [0.25, 0.3) is 5.56 Å². The molecule has 1 aliphatic rings. The molecule has 1 aliphatic heterocycles. The van der Waals surface area contributed by atoms with Crippen LogP contribution in [0.1, 0.15) is 29.0 Å². The lowest BCUT2D eigenvalue weighted by molar-refractivity contribution is -0.123. The quantitative estimate of drug-likeness (QED) is 0.534. The van der Waals surface area contributed by atoms with Gasteiger partial charge in [-0.25, -0.2) is 0 Å². The predicted molar refractivity (Wildman–Crippen MR) is 115 cm³/mol. The maximum atomic E-state index is 12.9. The zero-order valence-corrected chi connectivity index (χ0v) is 16.6. The normalized spacial score (nSPS) is 15.1. The molecule has 8 heteroatoms. The number of H-pyrrole nitrogens is 1. The summed E-state index contributed by atoms with van der Waals surface area (Å²) in [6, 6.07) is 14.9. The van der Waals surface area contributed by atoms with E-state index in [1.165, 1.54) is 0 Å². The molecule has 0 saturated heterocycles. The van der Waals surface area contributed by atoms with Crippen molar-refractivity contribution in [1.29, 1.82) is 0 Å². The summed E-state index contributed by atoms with van der Waals surface area (Å²) < 4.78 is 0. The number of nitrogens with zero attached hydrogens (tertiary/aromatic N) is 1. The molecule has 0 unspecified atom stereocenters. The minimum absolute atomic E-state index is 0.0922. The minimum Gasteiger partial charge on any atom is -0.326 e. The van der Waals surface area contributed by atoms with E-state index in [1.54, 1.807) is 6.07 Å². The van der Waals surface area contributed by atoms with Crippen molar-refractivity contribution in [1.82, 2.24) is 9.97 Å². The average Bonchev–Trinajstić information content (AvgIpc) is 2.70. The van der Waals surface area contributed by atoms with E-state index < -0.39 is 17.4 Å². The first-order valence-corrected chi connectivity index (χ1v) is 9.55. The fourth-order valence-electron chi connectivity index (χ4n) is 3.36. The molecule has 1 atom stereocenters. The summed E-state index contributed by atoms with van der Waals surface area (Å²) in [6.07, 6.45) is -0.125. The fraction of sp³-hybridized carbons (Fsp3) is 0.182. The van der Waals surface area contributed by atoms with Gasteiger partial charge in [0, 0.05) is 17.8 Å². The topological polar surface area (TPSA) is 116 Å². The number of aromatic amines is 1. The first kappa shape index (κ1) is 19.4. The molecule has 30 heavy (non-hydrogen) atoms. The van der Waals surface area contributed by atoms with Crippen LogP contribution in [0.25, 0.3) is 0 Å². The van der Waals surface area contributed by atoms with Crippen molar-refractivity contribution < 1.29 is 9.59 Å². The van der Waals surface area contributed by atoms with Crippen LogP contribution < -0.4 is 21.5 Å². The van der Waals surface area contributed by atoms with Crippen LogP contribution in [0.15, 0.2) is 53.3 Å². The summed E-state index contributed by atoms with van der Waals surface area (Å²) in [7, 11) is 0. The van der Waals surface area contributed by atoms with Gasteiger partial charge < -0.3 is 16.0 Å². The number of hydrogen-bond acceptors (Lipinski definition) is 5. The molecule has 152 valence electrons. The Morgan fingerprint density at radius 3 is 2.53 bits per heavy atom. The van der Waals surface area contributed by atoms with E-state index in [9.17, 15) is 14.4 Å². The molecule has 1 aromatic heterocycles. The Hall–Kier alpha value is -3.94. The van der Waals surface area contributed by atoms with Crippen LogP contribution >= 0.6 is 0 Å². The molecule has 2 heterocycles. The summed E-state index contributed by atoms with van der Waals surface area (Å²) in [5, 5.41) is 8.43. The molecule has 0 radical (unpaired) electrons. The van der Waals surface area contributed by atoms with Crippen molar-refractivity contribution in [2.24, 2.45) is 0 Å². The third-order valence-corrected chi connectivity index (χ3v) is 4.98. The number of nitrogens with one attached hydrogen (secondary N) is 4. The van der Waals surface area contributed by atoms with Gasteiger partial charge in [0.1, 0.15) is 5.82 Å². The predicted octanol–water partition coefficient (Wildman–Crippen LogP) is 3.19. The lowest BCUT2D eigenvalue weighted by atomic mass is 9.92. The molecular weight excluding hydrogens is 382 g/mol. The van der Waals surface area contributed by atoms with E-state index in [-0.39, 0.29) is 29.7 Å². The zero-order chi connectivity index (χ0) is 21.3. The SMILES string of the molecule is Cc1ccc(Nc2nc3c(c(=O)[nH]2)[C@H](C(=O)Nc2ccccc2C)CC(=O)N3)cc1. The largest absolute Gasteiger partial charge is 0.326 e. The Bertz CT molecular complexity index is 1180. The summed E-state index contributed by atoms with van der Waals surface area (Å²) >= 11 is 0. The molecule has 4 N–H and O–H groups in total. The highest BCUT2D eigenvalue weighted by molar-refractivity contribution is 6.04. The van der Waals surface area contributed by atoms with E-state index in [1.807, 2.05) is 56.3 Å². The number of rotatable bonds is 4. The Labute approximate surface area is 172 Å². The molecule has 0 spiro atoms. The van der Waals surface area contributed by atoms with Gasteiger partial charge in [-0.15, -0.1) is 0 Å². The number of para-hydroxylation sites is 1. The molecular formula is C22H21N5O3.